The average molecular weight is 559 g/mol. The second-order valence-corrected chi connectivity index (χ2v) is 8.84. The van der Waals surface area contributed by atoms with E-state index in [1.165, 1.54) is 18.3 Å². The van der Waals surface area contributed by atoms with E-state index >= 15 is 0 Å². The minimum atomic E-state index is -2.97. The van der Waals surface area contributed by atoms with Crippen LogP contribution in [0.3, 0.4) is 0 Å². The van der Waals surface area contributed by atoms with Crippen LogP contribution in [0.15, 0.2) is 70.2 Å². The first kappa shape index (κ1) is 23.3. The normalized spacial score (nSPS) is 15.1. The van der Waals surface area contributed by atoms with Crippen LogP contribution in [0, 0.1) is 0 Å². The number of hydrogen-bond acceptors (Lipinski definition) is 7. The summed E-state index contributed by atoms with van der Waals surface area (Å²) in [5.41, 5.74) is 7.07. The summed E-state index contributed by atoms with van der Waals surface area (Å²) in [6.45, 7) is -2.25. The molecule has 0 radical (unpaired) electrons. The highest BCUT2D eigenvalue weighted by molar-refractivity contribution is 9.10. The maximum atomic E-state index is 12.9. The quantitative estimate of drug-likeness (QED) is 0.343. The fraction of sp³-hybridized carbons (Fsp3) is 0.125. The van der Waals surface area contributed by atoms with Gasteiger partial charge in [0.05, 0.1) is 17.9 Å². The molecule has 35 heavy (non-hydrogen) atoms. The number of rotatable bonds is 5. The lowest BCUT2D eigenvalue weighted by Crippen LogP contribution is -2.32. The van der Waals surface area contributed by atoms with E-state index in [4.69, 9.17) is 16.7 Å². The maximum absolute atomic E-state index is 12.9. The van der Waals surface area contributed by atoms with Gasteiger partial charge in [-0.25, -0.2) is 9.99 Å². The fourth-order valence-electron chi connectivity index (χ4n) is 3.84. The Balaban J connectivity index is 1.67. The van der Waals surface area contributed by atoms with Crippen LogP contribution in [0.5, 0.6) is 5.75 Å². The van der Waals surface area contributed by atoms with Gasteiger partial charge in [-0.1, -0.05) is 33.3 Å². The van der Waals surface area contributed by atoms with E-state index in [1.807, 2.05) is 0 Å². The summed E-state index contributed by atoms with van der Waals surface area (Å²) >= 11 is 9.48. The summed E-state index contributed by atoms with van der Waals surface area (Å²) in [4.78, 5) is 20.9. The van der Waals surface area contributed by atoms with Gasteiger partial charge < -0.3 is 10.1 Å². The fourth-order valence-corrected chi connectivity index (χ4v) is 4.48. The van der Waals surface area contributed by atoms with Crippen LogP contribution in [-0.2, 0) is 6.54 Å². The Bertz CT molecular complexity index is 1440. The van der Waals surface area contributed by atoms with Crippen LogP contribution < -0.4 is 15.1 Å². The largest absolute Gasteiger partial charge is 0.435 e. The van der Waals surface area contributed by atoms with Gasteiger partial charge in [-0.15, -0.1) is 0 Å². The average Bonchev–Trinajstić information content (AvgIpc) is 2.83. The number of allylic oxidation sites excluding steroid dienone is 1. The molecule has 0 atom stereocenters. The summed E-state index contributed by atoms with van der Waals surface area (Å²) in [5.74, 6) is -0.0467. The molecule has 1 aromatic carbocycles. The zero-order valence-corrected chi connectivity index (χ0v) is 20.1. The van der Waals surface area contributed by atoms with Crippen LogP contribution in [0.4, 0.5) is 14.5 Å². The number of benzene rings is 1. The predicted molar refractivity (Wildman–Crippen MR) is 131 cm³/mol. The summed E-state index contributed by atoms with van der Waals surface area (Å²) in [5, 5.41) is 9.67. The molecule has 0 bridgehead atoms. The summed E-state index contributed by atoms with van der Waals surface area (Å²) in [6, 6.07) is 9.65. The number of nitrogens with zero attached hydrogens (tertiary/aromatic N) is 4. The number of ketones is 1. The third kappa shape index (κ3) is 4.87. The molecular formula is C24H15BrClF2N5O2. The zero-order chi connectivity index (χ0) is 24.5. The van der Waals surface area contributed by atoms with Gasteiger partial charge in [0, 0.05) is 52.2 Å². The molecule has 0 spiro atoms. The number of halogens is 4. The standard InChI is InChI=1S/C24H15BrClF2N5O2/c25-14-7-13(8-16(9-14)35-24(27)28)20-2-1-19(32-33(20)15-3-5-30-22(26)10-15)23-18-11-29-12-21(34)17(18)4-6-31-23/h1,3-10,24,29H,11-12H2. The van der Waals surface area contributed by atoms with Gasteiger partial charge in [0.15, 0.2) is 5.78 Å². The first-order valence-electron chi connectivity index (χ1n) is 10.3. The molecule has 4 heterocycles. The van der Waals surface area contributed by atoms with E-state index in [-0.39, 0.29) is 23.2 Å². The number of hydrazone groups is 1. The van der Waals surface area contributed by atoms with Crippen LogP contribution in [-0.4, -0.2) is 34.6 Å². The number of fused-ring (bicyclic) bond motifs is 1. The highest BCUT2D eigenvalue weighted by atomic mass is 79.9. The van der Waals surface area contributed by atoms with Crippen molar-refractivity contribution in [3.05, 3.63) is 92.6 Å². The van der Waals surface area contributed by atoms with E-state index < -0.39 is 6.61 Å². The summed E-state index contributed by atoms with van der Waals surface area (Å²) in [7, 11) is 0. The molecule has 0 fully saturated rings. The molecular weight excluding hydrogens is 544 g/mol. The number of anilines is 1. The van der Waals surface area contributed by atoms with Gasteiger partial charge in [0.2, 0.25) is 0 Å². The van der Waals surface area contributed by atoms with Crippen LogP contribution in [0.1, 0.15) is 27.2 Å². The Kier molecular flexibility index (Phi) is 6.44. The van der Waals surface area contributed by atoms with Gasteiger partial charge >= 0.3 is 6.61 Å². The number of carbonyl (C=O) groups is 1. The molecule has 5 rings (SSSR count). The molecule has 1 N–H and O–H groups in total. The van der Waals surface area contributed by atoms with Gasteiger partial charge in [-0.3, -0.25) is 9.78 Å². The second kappa shape index (κ2) is 9.67. The van der Waals surface area contributed by atoms with Crippen molar-refractivity contribution in [2.24, 2.45) is 5.10 Å². The van der Waals surface area contributed by atoms with E-state index in [0.717, 1.165) is 5.56 Å². The first-order valence-corrected chi connectivity index (χ1v) is 11.5. The number of hydrogen-bond donors (Lipinski definition) is 1. The van der Waals surface area contributed by atoms with E-state index in [9.17, 15) is 13.6 Å². The molecule has 2 aliphatic heterocycles. The Morgan fingerprint density at radius 1 is 1.14 bits per heavy atom. The molecule has 0 saturated carbocycles. The first-order chi connectivity index (χ1) is 16.9. The van der Waals surface area contributed by atoms with Gasteiger partial charge in [0.25, 0.3) is 0 Å². The Labute approximate surface area is 211 Å². The van der Waals surface area contributed by atoms with E-state index in [2.05, 4.69) is 41.7 Å². The van der Waals surface area contributed by atoms with E-state index in [0.29, 0.717) is 44.9 Å². The lowest BCUT2D eigenvalue weighted by atomic mass is 9.97. The van der Waals surface area contributed by atoms with Gasteiger partial charge in [-0.2, -0.15) is 13.9 Å². The van der Waals surface area contributed by atoms with Crippen LogP contribution in [0.25, 0.3) is 5.70 Å². The number of pyridine rings is 2. The number of alkyl halides is 2. The van der Waals surface area contributed by atoms with Crippen molar-refractivity contribution >= 4 is 50.4 Å². The lowest BCUT2D eigenvalue weighted by molar-refractivity contribution is -0.0498. The van der Waals surface area contributed by atoms with Gasteiger partial charge in [-0.05, 0) is 30.3 Å². The smallest absolute Gasteiger partial charge is 0.387 e. The molecule has 11 heteroatoms. The SMILES string of the molecule is O=C1CNCc2c1ccnc2C1=NN(c2ccnc(Cl)c2)C(c2cc(Br)cc(OC(F)F)c2)=C=C1. The molecule has 7 nitrogen and oxygen atoms in total. The number of aromatic nitrogens is 2. The van der Waals surface area contributed by atoms with Crippen molar-refractivity contribution in [1.29, 1.82) is 0 Å². The Morgan fingerprint density at radius 2 is 1.97 bits per heavy atom. The van der Waals surface area contributed by atoms with Gasteiger partial charge in [0.1, 0.15) is 22.3 Å². The molecule has 176 valence electrons. The van der Waals surface area contributed by atoms with Crippen LogP contribution in [0.2, 0.25) is 5.15 Å². The predicted octanol–water partition coefficient (Wildman–Crippen LogP) is 5.20. The molecule has 0 saturated heterocycles. The van der Waals surface area contributed by atoms with E-state index in [1.54, 1.807) is 41.5 Å². The highest BCUT2D eigenvalue weighted by Gasteiger charge is 2.25. The number of ether oxygens (including phenoxy) is 1. The molecule has 0 amide bonds. The molecule has 3 aromatic rings. The number of Topliss-reactive ketones (excluding diaryl/α,β-unsaturated/α-hetero) is 1. The highest BCUT2D eigenvalue weighted by Crippen LogP contribution is 2.34. The number of carbonyl (C=O) groups excluding carboxylic acids is 1. The Morgan fingerprint density at radius 3 is 2.77 bits per heavy atom. The van der Waals surface area contributed by atoms with Crippen molar-refractivity contribution < 1.29 is 18.3 Å². The van der Waals surface area contributed by atoms with Crippen molar-refractivity contribution in [3.8, 4) is 5.75 Å². The summed E-state index contributed by atoms with van der Waals surface area (Å²) in [6.07, 6.45) is 4.74. The third-order valence-corrected chi connectivity index (χ3v) is 5.94. The minimum absolute atomic E-state index is 0.0232. The van der Waals surface area contributed by atoms with Crippen molar-refractivity contribution in [2.75, 3.05) is 11.6 Å². The topological polar surface area (TPSA) is 79.7 Å². The molecule has 0 unspecified atom stereocenters. The third-order valence-electron chi connectivity index (χ3n) is 5.28. The summed E-state index contributed by atoms with van der Waals surface area (Å²) < 4.78 is 30.9. The molecule has 2 aromatic heterocycles. The molecule has 2 aliphatic rings. The molecule has 0 aliphatic carbocycles. The lowest BCUT2D eigenvalue weighted by Gasteiger charge is -2.26. The monoisotopic (exact) mass is 557 g/mol. The Hall–Kier alpha value is -3.43. The van der Waals surface area contributed by atoms with Crippen LogP contribution >= 0.6 is 27.5 Å². The van der Waals surface area contributed by atoms with Crippen molar-refractivity contribution in [3.63, 3.8) is 0 Å². The van der Waals surface area contributed by atoms with Crippen molar-refractivity contribution in [2.45, 2.75) is 13.2 Å². The number of nitrogens with one attached hydrogen (secondary N) is 1. The zero-order valence-electron chi connectivity index (χ0n) is 17.8. The minimum Gasteiger partial charge on any atom is -0.435 e. The second-order valence-electron chi connectivity index (χ2n) is 7.54. The maximum Gasteiger partial charge on any atom is 0.387 e. The van der Waals surface area contributed by atoms with Crippen molar-refractivity contribution in [1.82, 2.24) is 15.3 Å².